The molecule has 2 aromatic rings. The maximum atomic E-state index is 12.4. The van der Waals surface area contributed by atoms with E-state index in [2.05, 4.69) is 10.5 Å². The molecule has 0 unspecified atom stereocenters. The lowest BCUT2D eigenvalue weighted by molar-refractivity contribution is -0.384. The summed E-state index contributed by atoms with van der Waals surface area (Å²) in [7, 11) is 0. The molecule has 3 rings (SSSR count). The molecule has 2 atom stereocenters. The predicted molar refractivity (Wildman–Crippen MR) is 96.7 cm³/mol. The molecule has 1 N–H and O–H groups in total. The van der Waals surface area contributed by atoms with Gasteiger partial charge in [0, 0.05) is 24.3 Å². The van der Waals surface area contributed by atoms with Crippen LogP contribution in [0.15, 0.2) is 59.7 Å². The molecule has 26 heavy (non-hydrogen) atoms. The molecule has 2 aromatic carbocycles. The first-order valence-electron chi connectivity index (χ1n) is 8.33. The molecule has 7 heteroatoms. The highest BCUT2D eigenvalue weighted by molar-refractivity contribution is 5.86. The summed E-state index contributed by atoms with van der Waals surface area (Å²) >= 11 is 0. The van der Waals surface area contributed by atoms with Crippen LogP contribution in [0.25, 0.3) is 0 Å². The van der Waals surface area contributed by atoms with Gasteiger partial charge in [-0.15, -0.1) is 0 Å². The third kappa shape index (κ3) is 3.62. The van der Waals surface area contributed by atoms with Crippen molar-refractivity contribution in [3.05, 3.63) is 75.8 Å². The molecule has 0 radical (unpaired) electrons. The highest BCUT2D eigenvalue weighted by atomic mass is 16.6. The Morgan fingerprint density at radius 3 is 2.81 bits per heavy atom. The molecule has 1 aliphatic rings. The number of ether oxygens (including phenoxy) is 1. The number of nitrogens with one attached hydrogen (secondary N) is 1. The average molecular weight is 353 g/mol. The normalized spacial score (nSPS) is 21.5. The summed E-state index contributed by atoms with van der Waals surface area (Å²) in [5.74, 6) is -0.545. The van der Waals surface area contributed by atoms with E-state index in [0.29, 0.717) is 18.6 Å². The summed E-state index contributed by atoms with van der Waals surface area (Å²) in [6, 6.07) is 15.7. The molecular weight excluding hydrogens is 334 g/mol. The number of hydrogen-bond acceptors (Lipinski definition) is 5. The van der Waals surface area contributed by atoms with E-state index in [1.54, 1.807) is 12.1 Å². The minimum absolute atomic E-state index is 0.0260. The Bertz CT molecular complexity index is 838. The van der Waals surface area contributed by atoms with E-state index in [1.807, 2.05) is 37.3 Å². The van der Waals surface area contributed by atoms with Crippen molar-refractivity contribution >= 4 is 17.8 Å². The smallest absolute Gasteiger partial charge is 0.270 e. The monoisotopic (exact) mass is 353 g/mol. The standard InChI is InChI=1S/C19H19N3O4/c1-2-26-19(15-8-4-3-5-9-15)12-17(19)18(23)21-20-13-14-7-6-10-16(11-14)22(24)25/h3-11,13,17H,2,12H2,1H3,(H,21,23)/b20-13-/t17-,19-/m0/s1. The van der Waals surface area contributed by atoms with E-state index in [4.69, 9.17) is 4.74 Å². The molecule has 7 nitrogen and oxygen atoms in total. The van der Waals surface area contributed by atoms with Gasteiger partial charge >= 0.3 is 0 Å². The number of non-ortho nitro benzene ring substituents is 1. The molecule has 134 valence electrons. The number of benzene rings is 2. The van der Waals surface area contributed by atoms with Gasteiger partial charge in [-0.2, -0.15) is 5.10 Å². The summed E-state index contributed by atoms with van der Waals surface area (Å²) < 4.78 is 5.88. The fourth-order valence-electron chi connectivity index (χ4n) is 3.06. The SMILES string of the molecule is CCO[C@]1(c2ccccc2)C[C@H]1C(=O)N/N=C\c1cccc([N+](=O)[O-])c1. The largest absolute Gasteiger partial charge is 0.370 e. The zero-order chi connectivity index (χ0) is 18.6. The first-order valence-corrected chi connectivity index (χ1v) is 8.33. The summed E-state index contributed by atoms with van der Waals surface area (Å²) in [5.41, 5.74) is 3.40. The summed E-state index contributed by atoms with van der Waals surface area (Å²) in [6.07, 6.45) is 1.99. The van der Waals surface area contributed by atoms with Gasteiger partial charge in [-0.25, -0.2) is 5.43 Å². The Morgan fingerprint density at radius 2 is 2.12 bits per heavy atom. The Kier molecular flexibility index (Phi) is 5.09. The molecule has 1 amide bonds. The molecule has 0 aromatic heterocycles. The number of rotatable bonds is 7. The number of amides is 1. The van der Waals surface area contributed by atoms with Crippen LogP contribution in [0, 0.1) is 16.0 Å². The quantitative estimate of drug-likeness (QED) is 0.470. The zero-order valence-corrected chi connectivity index (χ0v) is 14.3. The van der Waals surface area contributed by atoms with Crippen LogP contribution in [0.1, 0.15) is 24.5 Å². The second-order valence-corrected chi connectivity index (χ2v) is 6.03. The Labute approximate surface area is 150 Å². The van der Waals surface area contributed by atoms with Crippen LogP contribution in [0.4, 0.5) is 5.69 Å². The van der Waals surface area contributed by atoms with Crippen LogP contribution in [0.5, 0.6) is 0 Å². The van der Waals surface area contributed by atoms with Crippen LogP contribution < -0.4 is 5.43 Å². The Morgan fingerprint density at radius 1 is 1.35 bits per heavy atom. The molecule has 0 bridgehead atoms. The summed E-state index contributed by atoms with van der Waals surface area (Å²) in [5, 5.41) is 14.7. The third-order valence-corrected chi connectivity index (χ3v) is 4.36. The van der Waals surface area contributed by atoms with Crippen molar-refractivity contribution in [1.29, 1.82) is 0 Å². The van der Waals surface area contributed by atoms with Gasteiger partial charge in [0.05, 0.1) is 17.1 Å². The predicted octanol–water partition coefficient (Wildman–Crippen LogP) is 3.00. The first kappa shape index (κ1) is 17.8. The van der Waals surface area contributed by atoms with Crippen LogP contribution in [-0.4, -0.2) is 23.7 Å². The van der Waals surface area contributed by atoms with Gasteiger partial charge in [-0.05, 0) is 18.9 Å². The van der Waals surface area contributed by atoms with Gasteiger partial charge in [0.25, 0.3) is 5.69 Å². The van der Waals surface area contributed by atoms with E-state index < -0.39 is 10.5 Å². The molecule has 1 fully saturated rings. The van der Waals surface area contributed by atoms with E-state index >= 15 is 0 Å². The van der Waals surface area contributed by atoms with E-state index in [-0.39, 0.29) is 17.5 Å². The molecular formula is C19H19N3O4. The van der Waals surface area contributed by atoms with E-state index in [0.717, 1.165) is 5.56 Å². The molecule has 1 aliphatic carbocycles. The van der Waals surface area contributed by atoms with Crippen molar-refractivity contribution in [3.63, 3.8) is 0 Å². The average Bonchev–Trinajstić information content (AvgIpc) is 3.39. The molecule has 0 saturated heterocycles. The van der Waals surface area contributed by atoms with Crippen molar-refractivity contribution in [2.24, 2.45) is 11.0 Å². The highest BCUT2D eigenvalue weighted by Gasteiger charge is 2.60. The highest BCUT2D eigenvalue weighted by Crippen LogP contribution is 2.55. The second-order valence-electron chi connectivity index (χ2n) is 6.03. The number of carbonyl (C=O) groups excluding carboxylic acids is 1. The fraction of sp³-hybridized carbons (Fsp3) is 0.263. The maximum absolute atomic E-state index is 12.4. The van der Waals surface area contributed by atoms with E-state index in [9.17, 15) is 14.9 Å². The third-order valence-electron chi connectivity index (χ3n) is 4.36. The van der Waals surface area contributed by atoms with Crippen LogP contribution in [0.2, 0.25) is 0 Å². The maximum Gasteiger partial charge on any atom is 0.270 e. The van der Waals surface area contributed by atoms with Crippen LogP contribution in [0.3, 0.4) is 0 Å². The van der Waals surface area contributed by atoms with Gasteiger partial charge in [0.1, 0.15) is 5.60 Å². The number of hydrazone groups is 1. The van der Waals surface area contributed by atoms with Crippen molar-refractivity contribution in [1.82, 2.24) is 5.43 Å². The lowest BCUT2D eigenvalue weighted by atomic mass is 10.1. The van der Waals surface area contributed by atoms with Crippen molar-refractivity contribution in [2.45, 2.75) is 18.9 Å². The van der Waals surface area contributed by atoms with Gasteiger partial charge in [0.2, 0.25) is 5.91 Å². The molecule has 0 aliphatic heterocycles. The van der Waals surface area contributed by atoms with Gasteiger partial charge in [-0.1, -0.05) is 42.5 Å². The van der Waals surface area contributed by atoms with Gasteiger partial charge in [0.15, 0.2) is 0 Å². The first-order chi connectivity index (χ1) is 12.6. The topological polar surface area (TPSA) is 93.8 Å². The molecule has 0 heterocycles. The Hall–Kier alpha value is -3.06. The van der Waals surface area contributed by atoms with Crippen molar-refractivity contribution in [3.8, 4) is 0 Å². The summed E-state index contributed by atoms with van der Waals surface area (Å²) in [4.78, 5) is 22.7. The lowest BCUT2D eigenvalue weighted by Gasteiger charge is -2.17. The van der Waals surface area contributed by atoms with Crippen molar-refractivity contribution < 1.29 is 14.5 Å². The number of nitro benzene ring substituents is 1. The fourth-order valence-corrected chi connectivity index (χ4v) is 3.06. The minimum Gasteiger partial charge on any atom is -0.370 e. The number of nitrogens with zero attached hydrogens (tertiary/aromatic N) is 2. The lowest BCUT2D eigenvalue weighted by Crippen LogP contribution is -2.26. The van der Waals surface area contributed by atoms with E-state index in [1.165, 1.54) is 18.3 Å². The number of hydrogen-bond donors (Lipinski definition) is 1. The van der Waals surface area contributed by atoms with Gasteiger partial charge in [-0.3, -0.25) is 14.9 Å². The van der Waals surface area contributed by atoms with Crippen LogP contribution in [-0.2, 0) is 15.1 Å². The Balaban J connectivity index is 1.65. The number of nitro groups is 1. The molecule has 0 spiro atoms. The van der Waals surface area contributed by atoms with Gasteiger partial charge < -0.3 is 4.74 Å². The minimum atomic E-state index is -0.596. The second kappa shape index (κ2) is 7.45. The number of carbonyl (C=O) groups is 1. The zero-order valence-electron chi connectivity index (χ0n) is 14.3. The van der Waals surface area contributed by atoms with Crippen molar-refractivity contribution in [2.75, 3.05) is 6.61 Å². The molecule has 1 saturated carbocycles. The summed E-state index contributed by atoms with van der Waals surface area (Å²) in [6.45, 7) is 2.41. The van der Waals surface area contributed by atoms with Crippen LogP contribution >= 0.6 is 0 Å².